The van der Waals surface area contributed by atoms with Crippen molar-refractivity contribution in [2.24, 2.45) is 0 Å². The third-order valence-corrected chi connectivity index (χ3v) is 6.12. The number of aromatic nitrogens is 6. The van der Waals surface area contributed by atoms with Crippen LogP contribution in [0.5, 0.6) is 0 Å². The average Bonchev–Trinajstić information content (AvgIpc) is 3.29. The van der Waals surface area contributed by atoms with E-state index in [2.05, 4.69) is 4.98 Å². The number of fused-ring (bicyclic) bond motifs is 4. The normalized spacial score (nSPS) is 11.5. The van der Waals surface area contributed by atoms with Crippen LogP contribution >= 0.6 is 11.8 Å². The molecule has 4 aromatic heterocycles. The van der Waals surface area contributed by atoms with Crippen molar-refractivity contribution in [3.63, 3.8) is 0 Å². The average molecular weight is 437 g/mol. The van der Waals surface area contributed by atoms with Gasteiger partial charge in [0.1, 0.15) is 5.65 Å². The molecule has 0 radical (unpaired) electrons. The Bertz CT molecular complexity index is 1660. The van der Waals surface area contributed by atoms with E-state index < -0.39 is 0 Å². The molecule has 0 atom stereocenters. The summed E-state index contributed by atoms with van der Waals surface area (Å²) in [5.41, 5.74) is 3.76. The molecule has 7 nitrogen and oxygen atoms in total. The molecular weight excluding hydrogens is 420 g/mol. The highest BCUT2D eigenvalue weighted by atomic mass is 32.2. The fourth-order valence-corrected chi connectivity index (χ4v) is 4.49. The smallest absolute Gasteiger partial charge is 0.258 e. The highest BCUT2D eigenvalue weighted by molar-refractivity contribution is 7.98. The molecule has 0 N–H and O–H groups in total. The largest absolute Gasteiger partial charge is 0.269 e. The maximum atomic E-state index is 12.4. The van der Waals surface area contributed by atoms with Crippen molar-refractivity contribution in [1.29, 1.82) is 0 Å². The molecule has 0 unspecified atom stereocenters. The molecule has 8 heteroatoms. The van der Waals surface area contributed by atoms with Crippen LogP contribution in [0.2, 0.25) is 0 Å². The third kappa shape index (κ3) is 3.21. The molecule has 0 aliphatic rings. The summed E-state index contributed by atoms with van der Waals surface area (Å²) in [6.07, 6.45) is 1.72. The Kier molecular flexibility index (Phi) is 4.43. The number of nitrogens with zero attached hydrogens (tertiary/aromatic N) is 6. The molecule has 4 heterocycles. The lowest BCUT2D eigenvalue weighted by Gasteiger charge is -2.07. The molecule has 0 spiro atoms. The summed E-state index contributed by atoms with van der Waals surface area (Å²) in [5, 5.41) is 6.38. The Morgan fingerprint density at radius 2 is 1.66 bits per heavy atom. The van der Waals surface area contributed by atoms with E-state index in [9.17, 15) is 4.79 Å². The Balaban J connectivity index is 1.45. The minimum absolute atomic E-state index is 0.102. The van der Waals surface area contributed by atoms with Gasteiger partial charge in [-0.15, -0.1) is 5.10 Å². The highest BCUT2D eigenvalue weighted by Crippen LogP contribution is 2.27. The maximum absolute atomic E-state index is 12.4. The van der Waals surface area contributed by atoms with Crippen LogP contribution in [0.15, 0.2) is 95.0 Å². The molecule has 154 valence electrons. The fourth-order valence-electron chi connectivity index (χ4n) is 3.65. The SMILES string of the molecule is O=c1cc(CSc2nc3ccccc3c3nc(-c4ccccc4)nn23)nc2ccccn12. The zero-order valence-corrected chi connectivity index (χ0v) is 17.6. The van der Waals surface area contributed by atoms with Crippen molar-refractivity contribution in [1.82, 2.24) is 29.0 Å². The van der Waals surface area contributed by atoms with E-state index in [1.807, 2.05) is 72.8 Å². The summed E-state index contributed by atoms with van der Waals surface area (Å²) in [4.78, 5) is 26.7. The van der Waals surface area contributed by atoms with E-state index in [1.54, 1.807) is 16.8 Å². The third-order valence-electron chi connectivity index (χ3n) is 5.15. The van der Waals surface area contributed by atoms with Gasteiger partial charge in [0.25, 0.3) is 5.56 Å². The van der Waals surface area contributed by atoms with Crippen LogP contribution in [0.1, 0.15) is 5.69 Å². The topological polar surface area (TPSA) is 77.5 Å². The van der Waals surface area contributed by atoms with Crippen LogP contribution < -0.4 is 5.56 Å². The predicted octanol–water partition coefficient (Wildman–Crippen LogP) is 4.24. The van der Waals surface area contributed by atoms with Crippen molar-refractivity contribution in [3.05, 3.63) is 101 Å². The fraction of sp³-hybridized carbons (Fsp3) is 0.0417. The van der Waals surface area contributed by atoms with Gasteiger partial charge in [0, 0.05) is 29.0 Å². The molecule has 0 aliphatic carbocycles. The summed E-state index contributed by atoms with van der Waals surface area (Å²) < 4.78 is 3.31. The van der Waals surface area contributed by atoms with E-state index in [0.717, 1.165) is 22.1 Å². The number of para-hydroxylation sites is 1. The number of thioether (sulfide) groups is 1. The zero-order chi connectivity index (χ0) is 21.5. The summed E-state index contributed by atoms with van der Waals surface area (Å²) >= 11 is 1.48. The first-order chi connectivity index (χ1) is 15.8. The molecule has 0 saturated carbocycles. The maximum Gasteiger partial charge on any atom is 0.258 e. The van der Waals surface area contributed by atoms with E-state index in [-0.39, 0.29) is 5.56 Å². The number of benzene rings is 2. The molecule has 0 saturated heterocycles. The minimum atomic E-state index is -0.102. The molecule has 32 heavy (non-hydrogen) atoms. The second kappa shape index (κ2) is 7.58. The Morgan fingerprint density at radius 3 is 2.56 bits per heavy atom. The molecule has 0 bridgehead atoms. The first-order valence-corrected chi connectivity index (χ1v) is 11.1. The predicted molar refractivity (Wildman–Crippen MR) is 125 cm³/mol. The van der Waals surface area contributed by atoms with Crippen molar-refractivity contribution in [2.75, 3.05) is 0 Å². The molecule has 6 rings (SSSR count). The Hall–Kier alpha value is -4.04. The lowest BCUT2D eigenvalue weighted by atomic mass is 10.2. The zero-order valence-electron chi connectivity index (χ0n) is 16.8. The summed E-state index contributed by atoms with van der Waals surface area (Å²) in [6, 6.07) is 24.9. The lowest BCUT2D eigenvalue weighted by Crippen LogP contribution is -2.14. The van der Waals surface area contributed by atoms with E-state index >= 15 is 0 Å². The first-order valence-electron chi connectivity index (χ1n) is 10.1. The van der Waals surface area contributed by atoms with Crippen LogP contribution in [0.25, 0.3) is 33.6 Å². The van der Waals surface area contributed by atoms with Crippen LogP contribution in [-0.2, 0) is 5.75 Å². The van der Waals surface area contributed by atoms with Crippen molar-refractivity contribution < 1.29 is 0 Å². The van der Waals surface area contributed by atoms with Crippen LogP contribution in [0, 0.1) is 0 Å². The first kappa shape index (κ1) is 18.7. The van der Waals surface area contributed by atoms with Crippen molar-refractivity contribution >= 4 is 34.0 Å². The van der Waals surface area contributed by atoms with Gasteiger partial charge in [0.2, 0.25) is 0 Å². The van der Waals surface area contributed by atoms with Gasteiger partial charge < -0.3 is 0 Å². The van der Waals surface area contributed by atoms with E-state index in [4.69, 9.17) is 15.1 Å². The van der Waals surface area contributed by atoms with Gasteiger partial charge >= 0.3 is 0 Å². The minimum Gasteiger partial charge on any atom is -0.269 e. The van der Waals surface area contributed by atoms with E-state index in [1.165, 1.54) is 16.2 Å². The monoisotopic (exact) mass is 436 g/mol. The second-order valence-corrected chi connectivity index (χ2v) is 8.19. The van der Waals surface area contributed by atoms with Crippen LogP contribution in [0.3, 0.4) is 0 Å². The Morgan fingerprint density at radius 1 is 0.844 bits per heavy atom. The van der Waals surface area contributed by atoms with Gasteiger partial charge in [-0.25, -0.2) is 15.0 Å². The van der Waals surface area contributed by atoms with Gasteiger partial charge in [-0.1, -0.05) is 60.3 Å². The molecule has 2 aromatic carbocycles. The van der Waals surface area contributed by atoms with Gasteiger partial charge in [-0.2, -0.15) is 4.52 Å². The van der Waals surface area contributed by atoms with Crippen molar-refractivity contribution in [2.45, 2.75) is 10.9 Å². The van der Waals surface area contributed by atoms with Crippen molar-refractivity contribution in [3.8, 4) is 11.4 Å². The number of pyridine rings is 1. The second-order valence-electron chi connectivity index (χ2n) is 7.25. The highest BCUT2D eigenvalue weighted by Gasteiger charge is 2.15. The quantitative estimate of drug-likeness (QED) is 0.304. The summed E-state index contributed by atoms with van der Waals surface area (Å²) in [6.45, 7) is 0. The molecule has 0 aliphatic heterocycles. The van der Waals surface area contributed by atoms with Gasteiger partial charge in [-0.05, 0) is 24.3 Å². The number of hydrogen-bond donors (Lipinski definition) is 0. The number of rotatable bonds is 4. The standard InChI is InChI=1S/C24H16N6OS/c31-21-14-17(25-20-12-6-7-13-29(20)21)15-32-24-26-19-11-5-4-10-18(19)23-27-22(28-30(23)24)16-8-2-1-3-9-16/h1-14H,15H2. The molecule has 0 amide bonds. The van der Waals surface area contributed by atoms with Gasteiger partial charge in [0.15, 0.2) is 16.6 Å². The lowest BCUT2D eigenvalue weighted by molar-refractivity contribution is 0.811. The summed E-state index contributed by atoms with van der Waals surface area (Å²) in [5.74, 6) is 1.13. The van der Waals surface area contributed by atoms with Crippen LogP contribution in [0.4, 0.5) is 0 Å². The summed E-state index contributed by atoms with van der Waals surface area (Å²) in [7, 11) is 0. The van der Waals surface area contributed by atoms with Gasteiger partial charge in [0.05, 0.1) is 11.2 Å². The number of hydrogen-bond acceptors (Lipinski definition) is 6. The van der Waals surface area contributed by atoms with Gasteiger partial charge in [-0.3, -0.25) is 9.20 Å². The van der Waals surface area contributed by atoms with Crippen LogP contribution in [-0.4, -0.2) is 29.0 Å². The molecule has 0 fully saturated rings. The Labute approximate surface area is 186 Å². The van der Waals surface area contributed by atoms with E-state index in [0.29, 0.717) is 28.1 Å². The molecule has 6 aromatic rings. The molecular formula is C24H16N6OS.